The number of carbonyl (C=O) groups excluding carboxylic acids is 1. The highest BCUT2D eigenvalue weighted by Gasteiger charge is 2.09. The van der Waals surface area contributed by atoms with E-state index in [-0.39, 0.29) is 11.6 Å². The molecule has 2 heterocycles. The van der Waals surface area contributed by atoms with E-state index in [1.165, 1.54) is 5.56 Å². The van der Waals surface area contributed by atoms with E-state index >= 15 is 0 Å². The molecule has 126 valence electrons. The minimum Gasteiger partial charge on any atom is -0.345 e. The highest BCUT2D eigenvalue weighted by molar-refractivity contribution is 5.92. The van der Waals surface area contributed by atoms with Crippen LogP contribution >= 0.6 is 0 Å². The van der Waals surface area contributed by atoms with Crippen molar-refractivity contribution in [3.8, 4) is 0 Å². The van der Waals surface area contributed by atoms with Crippen LogP contribution in [0.15, 0.2) is 54.7 Å². The smallest absolute Gasteiger partial charge is 0.272 e. The Morgan fingerprint density at radius 1 is 1.00 bits per heavy atom. The second kappa shape index (κ2) is 7.53. The van der Waals surface area contributed by atoms with Crippen LogP contribution in [0.2, 0.25) is 0 Å². The number of carbonyl (C=O) groups is 1. The fraction of sp³-hybridized carbons (Fsp3) is 0.158. The first-order chi connectivity index (χ1) is 12.1. The van der Waals surface area contributed by atoms with Gasteiger partial charge < -0.3 is 10.6 Å². The zero-order valence-corrected chi connectivity index (χ0v) is 14.2. The molecule has 2 aromatic heterocycles. The molecule has 0 atom stereocenters. The summed E-state index contributed by atoms with van der Waals surface area (Å²) in [5.41, 5.74) is 4.38. The largest absolute Gasteiger partial charge is 0.345 e. The van der Waals surface area contributed by atoms with Crippen LogP contribution in [0.25, 0.3) is 0 Å². The first-order valence-electron chi connectivity index (χ1n) is 7.98. The highest BCUT2D eigenvalue weighted by atomic mass is 16.1. The summed E-state index contributed by atoms with van der Waals surface area (Å²) in [7, 11) is 0. The molecule has 0 bridgehead atoms. The van der Waals surface area contributed by atoms with Gasteiger partial charge in [-0.2, -0.15) is 0 Å². The summed E-state index contributed by atoms with van der Waals surface area (Å²) < 4.78 is 0. The number of rotatable bonds is 5. The van der Waals surface area contributed by atoms with Gasteiger partial charge in [-0.15, -0.1) is 10.2 Å². The molecule has 0 aliphatic carbocycles. The van der Waals surface area contributed by atoms with Crippen LogP contribution in [0, 0.1) is 13.8 Å². The van der Waals surface area contributed by atoms with Gasteiger partial charge in [-0.3, -0.25) is 9.78 Å². The van der Waals surface area contributed by atoms with Crippen LogP contribution in [0.5, 0.6) is 0 Å². The summed E-state index contributed by atoms with van der Waals surface area (Å²) in [5, 5.41) is 14.1. The van der Waals surface area contributed by atoms with E-state index < -0.39 is 0 Å². The molecule has 0 unspecified atom stereocenters. The lowest BCUT2D eigenvalue weighted by atomic mass is 10.1. The van der Waals surface area contributed by atoms with E-state index in [1.54, 1.807) is 18.3 Å². The van der Waals surface area contributed by atoms with E-state index in [0.717, 1.165) is 16.9 Å². The zero-order chi connectivity index (χ0) is 17.6. The van der Waals surface area contributed by atoms with Crippen LogP contribution in [0.4, 0.5) is 11.5 Å². The molecular weight excluding hydrogens is 314 g/mol. The summed E-state index contributed by atoms with van der Waals surface area (Å²) in [4.78, 5) is 16.3. The van der Waals surface area contributed by atoms with Crippen LogP contribution in [-0.2, 0) is 6.54 Å². The number of nitrogens with zero attached hydrogens (tertiary/aromatic N) is 3. The van der Waals surface area contributed by atoms with Gasteiger partial charge in [0.1, 0.15) is 0 Å². The molecule has 0 radical (unpaired) electrons. The number of anilines is 2. The third-order valence-corrected chi connectivity index (χ3v) is 3.92. The third kappa shape index (κ3) is 4.17. The molecule has 3 rings (SSSR count). The number of amides is 1. The summed E-state index contributed by atoms with van der Waals surface area (Å²) in [5.74, 6) is 0.311. The molecule has 0 saturated carbocycles. The van der Waals surface area contributed by atoms with Crippen molar-refractivity contribution in [1.82, 2.24) is 20.5 Å². The second-order valence-corrected chi connectivity index (χ2v) is 5.68. The van der Waals surface area contributed by atoms with Gasteiger partial charge in [0, 0.05) is 11.9 Å². The Balaban J connectivity index is 1.63. The van der Waals surface area contributed by atoms with Gasteiger partial charge in [-0.05, 0) is 55.3 Å². The maximum atomic E-state index is 12.1. The Labute approximate surface area is 146 Å². The predicted molar refractivity (Wildman–Crippen MR) is 96.6 cm³/mol. The fourth-order valence-corrected chi connectivity index (χ4v) is 2.31. The lowest BCUT2D eigenvalue weighted by Gasteiger charge is -2.10. The number of nitrogens with one attached hydrogen (secondary N) is 2. The Morgan fingerprint density at radius 3 is 2.60 bits per heavy atom. The van der Waals surface area contributed by atoms with Crippen molar-refractivity contribution in [2.75, 3.05) is 5.32 Å². The lowest BCUT2D eigenvalue weighted by molar-refractivity contribution is 0.0944. The van der Waals surface area contributed by atoms with Gasteiger partial charge in [0.25, 0.3) is 5.91 Å². The normalized spacial score (nSPS) is 10.3. The van der Waals surface area contributed by atoms with Crippen molar-refractivity contribution in [2.24, 2.45) is 0 Å². The van der Waals surface area contributed by atoms with Gasteiger partial charge in [-0.1, -0.05) is 18.2 Å². The zero-order valence-electron chi connectivity index (χ0n) is 14.2. The van der Waals surface area contributed by atoms with Crippen molar-refractivity contribution < 1.29 is 4.79 Å². The summed E-state index contributed by atoms with van der Waals surface area (Å²) in [6, 6.07) is 15.0. The van der Waals surface area contributed by atoms with E-state index in [9.17, 15) is 4.79 Å². The van der Waals surface area contributed by atoms with Gasteiger partial charge in [0.15, 0.2) is 11.5 Å². The highest BCUT2D eigenvalue weighted by Crippen LogP contribution is 2.21. The quantitative estimate of drug-likeness (QED) is 0.750. The molecule has 0 fully saturated rings. The van der Waals surface area contributed by atoms with Crippen molar-refractivity contribution in [3.05, 3.63) is 77.2 Å². The molecule has 6 heteroatoms. The van der Waals surface area contributed by atoms with Gasteiger partial charge in [0.05, 0.1) is 12.2 Å². The third-order valence-electron chi connectivity index (χ3n) is 3.92. The maximum Gasteiger partial charge on any atom is 0.272 e. The van der Waals surface area contributed by atoms with E-state index in [1.807, 2.05) is 37.3 Å². The fourth-order valence-electron chi connectivity index (χ4n) is 2.31. The van der Waals surface area contributed by atoms with Gasteiger partial charge in [-0.25, -0.2) is 0 Å². The first kappa shape index (κ1) is 16.6. The Morgan fingerprint density at radius 2 is 1.88 bits per heavy atom. The summed E-state index contributed by atoms with van der Waals surface area (Å²) >= 11 is 0. The molecule has 0 spiro atoms. The number of benzene rings is 1. The summed E-state index contributed by atoms with van der Waals surface area (Å²) in [6.07, 6.45) is 1.69. The molecule has 1 aromatic carbocycles. The monoisotopic (exact) mass is 333 g/mol. The number of aryl methyl sites for hydroxylation is 1. The Hall–Kier alpha value is -3.28. The lowest BCUT2D eigenvalue weighted by Crippen LogP contribution is -2.24. The number of hydrogen-bond acceptors (Lipinski definition) is 5. The second-order valence-electron chi connectivity index (χ2n) is 5.68. The molecule has 1 amide bonds. The van der Waals surface area contributed by atoms with Crippen molar-refractivity contribution in [2.45, 2.75) is 20.4 Å². The van der Waals surface area contributed by atoms with Gasteiger partial charge in [0.2, 0.25) is 0 Å². The first-order valence-corrected chi connectivity index (χ1v) is 7.98. The van der Waals surface area contributed by atoms with Gasteiger partial charge >= 0.3 is 0 Å². The van der Waals surface area contributed by atoms with E-state index in [2.05, 4.69) is 38.8 Å². The molecule has 0 aliphatic rings. The average molecular weight is 333 g/mol. The molecule has 3 aromatic rings. The van der Waals surface area contributed by atoms with Crippen molar-refractivity contribution in [1.29, 1.82) is 0 Å². The number of hydrogen-bond donors (Lipinski definition) is 2. The molecule has 2 N–H and O–H groups in total. The van der Waals surface area contributed by atoms with Crippen LogP contribution in [-0.4, -0.2) is 21.1 Å². The van der Waals surface area contributed by atoms with Crippen LogP contribution in [0.3, 0.4) is 0 Å². The number of pyridine rings is 1. The number of aromatic nitrogens is 3. The standard InChI is InChI=1S/C19H19N5O/c1-13-6-5-8-16(14(13)2)22-18-10-9-17(23-24-18)19(25)21-12-15-7-3-4-11-20-15/h3-11H,12H2,1-2H3,(H,21,25)(H,22,24). The van der Waals surface area contributed by atoms with E-state index in [0.29, 0.717) is 12.4 Å². The Kier molecular flexibility index (Phi) is 4.99. The molecule has 6 nitrogen and oxygen atoms in total. The molecule has 25 heavy (non-hydrogen) atoms. The minimum absolute atomic E-state index is 0.266. The van der Waals surface area contributed by atoms with E-state index in [4.69, 9.17) is 0 Å². The molecular formula is C19H19N5O. The molecule has 0 saturated heterocycles. The SMILES string of the molecule is Cc1cccc(Nc2ccc(C(=O)NCc3ccccn3)nn2)c1C. The molecule has 0 aliphatic heterocycles. The average Bonchev–Trinajstić information content (AvgIpc) is 2.65. The minimum atomic E-state index is -0.281. The maximum absolute atomic E-state index is 12.1. The van der Waals surface area contributed by atoms with Crippen LogP contribution in [0.1, 0.15) is 27.3 Å². The Bertz CT molecular complexity index is 863. The van der Waals surface area contributed by atoms with Crippen molar-refractivity contribution >= 4 is 17.4 Å². The topological polar surface area (TPSA) is 79.8 Å². The van der Waals surface area contributed by atoms with Crippen LogP contribution < -0.4 is 10.6 Å². The predicted octanol–water partition coefficient (Wildman–Crippen LogP) is 3.16. The summed E-state index contributed by atoms with van der Waals surface area (Å²) in [6.45, 7) is 4.45. The van der Waals surface area contributed by atoms with Crippen molar-refractivity contribution in [3.63, 3.8) is 0 Å².